The molecule has 194 valence electrons. The van der Waals surface area contributed by atoms with E-state index < -0.39 is 82.6 Å². The van der Waals surface area contributed by atoms with Gasteiger partial charge in [-0.05, 0) is 13.3 Å². The Hall–Kier alpha value is -1.30. The number of hydrogen-bond acceptors (Lipinski definition) is 14. The zero-order valence-corrected chi connectivity index (χ0v) is 19.3. The third kappa shape index (κ3) is 6.47. The van der Waals surface area contributed by atoms with Crippen LogP contribution in [0.5, 0.6) is 0 Å². The van der Waals surface area contributed by atoms with Gasteiger partial charge in [-0.1, -0.05) is 0 Å². The first-order valence-electron chi connectivity index (χ1n) is 9.79. The van der Waals surface area contributed by atoms with Crippen molar-refractivity contribution in [2.24, 2.45) is 5.73 Å². The molecule has 17 nitrogen and oxygen atoms in total. The summed E-state index contributed by atoms with van der Waals surface area (Å²) in [6.07, 6.45) is -9.25. The van der Waals surface area contributed by atoms with E-state index in [4.69, 9.17) is 15.2 Å². The molecule has 7 N–H and O–H groups in total. The maximum atomic E-state index is 12.1. The fourth-order valence-corrected chi connectivity index (χ4v) is 5.48. The van der Waals surface area contributed by atoms with Gasteiger partial charge in [-0.3, -0.25) is 28.0 Å². The molecule has 1 aromatic rings. The predicted molar refractivity (Wildman–Crippen MR) is 106 cm³/mol. The quantitative estimate of drug-likeness (QED) is 0.178. The van der Waals surface area contributed by atoms with Crippen molar-refractivity contribution in [1.29, 1.82) is 0 Å². The van der Waals surface area contributed by atoms with Crippen LogP contribution in [0.1, 0.15) is 19.6 Å². The molecule has 2 aliphatic heterocycles. The van der Waals surface area contributed by atoms with Gasteiger partial charge in [0.1, 0.15) is 24.4 Å². The van der Waals surface area contributed by atoms with E-state index in [0.717, 1.165) is 16.8 Å². The second-order valence-corrected chi connectivity index (χ2v) is 10.6. The number of aromatic amines is 1. The van der Waals surface area contributed by atoms with Gasteiger partial charge in [0.05, 0.1) is 12.7 Å². The summed E-state index contributed by atoms with van der Waals surface area (Å²) < 4.78 is 48.4. The van der Waals surface area contributed by atoms with Crippen LogP contribution in [-0.4, -0.2) is 79.2 Å². The van der Waals surface area contributed by atoms with Crippen molar-refractivity contribution in [1.82, 2.24) is 9.55 Å². The average Bonchev–Trinajstić information content (AvgIpc) is 2.97. The van der Waals surface area contributed by atoms with Crippen molar-refractivity contribution < 1.29 is 57.1 Å². The highest BCUT2D eigenvalue weighted by Gasteiger charge is 2.46. The monoisotopic (exact) mass is 532 g/mol. The topological polar surface area (TPSA) is 265 Å². The van der Waals surface area contributed by atoms with Crippen molar-refractivity contribution >= 4 is 15.6 Å². The maximum absolute atomic E-state index is 12.1. The van der Waals surface area contributed by atoms with Gasteiger partial charge in [-0.15, -0.1) is 0 Å². The Morgan fingerprint density at radius 1 is 1.24 bits per heavy atom. The molecular formula is C15H24N3O14P2-. The van der Waals surface area contributed by atoms with Gasteiger partial charge in [-0.2, -0.15) is 0 Å². The van der Waals surface area contributed by atoms with Crippen LogP contribution in [0, 0.1) is 0 Å². The van der Waals surface area contributed by atoms with E-state index in [1.165, 1.54) is 6.92 Å². The summed E-state index contributed by atoms with van der Waals surface area (Å²) in [5, 5.41) is 30.1. The molecule has 2 aliphatic rings. The fourth-order valence-electron chi connectivity index (χ4n) is 3.37. The molecule has 10 atom stereocenters. The normalized spacial score (nSPS) is 37.7. The number of aliphatic hydroxyl groups excluding tert-OH is 3. The fraction of sp³-hybridized carbons (Fsp3) is 0.733. The highest BCUT2D eigenvalue weighted by Crippen LogP contribution is 2.59. The van der Waals surface area contributed by atoms with Crippen LogP contribution < -0.4 is 21.9 Å². The van der Waals surface area contributed by atoms with Gasteiger partial charge in [0.2, 0.25) is 0 Å². The molecule has 0 spiro atoms. The second kappa shape index (κ2) is 10.4. The lowest BCUT2D eigenvalue weighted by molar-refractivity contribution is -0.265. The largest absolute Gasteiger partial charge is 0.756 e. The molecule has 1 aromatic heterocycles. The van der Waals surface area contributed by atoms with Crippen molar-refractivity contribution in [3.63, 3.8) is 0 Å². The number of phosphoric acid groups is 2. The molecule has 5 unspecified atom stereocenters. The molecule has 0 aliphatic carbocycles. The first-order chi connectivity index (χ1) is 15.7. The number of phosphoric ester groups is 2. The molecule has 3 rings (SSSR count). The Morgan fingerprint density at radius 2 is 1.91 bits per heavy atom. The predicted octanol–water partition coefficient (Wildman–Crippen LogP) is -3.40. The Morgan fingerprint density at radius 3 is 2.56 bits per heavy atom. The molecule has 19 heteroatoms. The van der Waals surface area contributed by atoms with Gasteiger partial charge in [0, 0.05) is 18.3 Å². The van der Waals surface area contributed by atoms with E-state index in [-0.39, 0.29) is 6.42 Å². The number of nitrogens with one attached hydrogen (secondary N) is 1. The molecule has 2 fully saturated rings. The van der Waals surface area contributed by atoms with Crippen LogP contribution in [0.2, 0.25) is 0 Å². The SMILES string of the molecule is CC1C[C@H](N)C(O)[C@H](OP(=O)([O-])OP(=O)(O)OC[C@H]2O[C@@H](n3ccc(=O)[nH]c3=O)C(O)[C@H]2O)O1. The van der Waals surface area contributed by atoms with Gasteiger partial charge < -0.3 is 40.3 Å². The summed E-state index contributed by atoms with van der Waals surface area (Å²) in [5.74, 6) is 0. The smallest absolute Gasteiger partial charge is 0.478 e. The minimum Gasteiger partial charge on any atom is -0.756 e. The Kier molecular flexibility index (Phi) is 8.32. The number of nitrogens with zero attached hydrogens (tertiary/aromatic N) is 1. The zero-order chi connectivity index (χ0) is 25.4. The second-order valence-electron chi connectivity index (χ2n) is 7.67. The van der Waals surface area contributed by atoms with Crippen LogP contribution >= 0.6 is 15.6 Å². The molecule has 0 bridgehead atoms. The minimum absolute atomic E-state index is 0.203. The number of H-pyrrole nitrogens is 1. The summed E-state index contributed by atoms with van der Waals surface area (Å²) in [6, 6.07) is 0.0665. The number of hydrogen-bond donors (Lipinski definition) is 6. The van der Waals surface area contributed by atoms with Gasteiger partial charge in [0.15, 0.2) is 12.5 Å². The molecule has 34 heavy (non-hydrogen) atoms. The van der Waals surface area contributed by atoms with Gasteiger partial charge in [-0.25, -0.2) is 13.7 Å². The van der Waals surface area contributed by atoms with Crippen molar-refractivity contribution in [3.05, 3.63) is 33.1 Å². The van der Waals surface area contributed by atoms with Gasteiger partial charge in [0.25, 0.3) is 13.4 Å². The van der Waals surface area contributed by atoms with Gasteiger partial charge >= 0.3 is 13.5 Å². The lowest BCUT2D eigenvalue weighted by atomic mass is 10.0. The Balaban J connectivity index is 1.60. The third-order valence-electron chi connectivity index (χ3n) is 4.99. The molecule has 0 aromatic carbocycles. The number of aliphatic hydroxyl groups is 3. The molecular weight excluding hydrogens is 508 g/mol. The molecule has 0 amide bonds. The Labute approximate surface area is 190 Å². The summed E-state index contributed by atoms with van der Waals surface area (Å²) in [5.41, 5.74) is 3.96. The average molecular weight is 532 g/mol. The molecule has 2 saturated heterocycles. The highest BCUT2D eigenvalue weighted by molar-refractivity contribution is 7.60. The Bertz CT molecular complexity index is 1080. The summed E-state index contributed by atoms with van der Waals surface area (Å²) in [7, 11) is -11.0. The van der Waals surface area contributed by atoms with Crippen LogP contribution in [0.25, 0.3) is 0 Å². The summed E-state index contributed by atoms with van der Waals surface area (Å²) >= 11 is 0. The van der Waals surface area contributed by atoms with E-state index in [1.807, 2.05) is 4.98 Å². The lowest BCUT2D eigenvalue weighted by Gasteiger charge is -2.38. The third-order valence-corrected chi connectivity index (χ3v) is 7.56. The van der Waals surface area contributed by atoms with E-state index >= 15 is 0 Å². The minimum atomic E-state index is -5.59. The van der Waals surface area contributed by atoms with Crippen LogP contribution in [0.3, 0.4) is 0 Å². The van der Waals surface area contributed by atoms with Crippen molar-refractivity contribution in [2.45, 2.75) is 62.4 Å². The standard InChI is InChI=1S/C15H25N3O14P2/c1-6-4-7(16)10(20)14(29-6)31-34(26,27)32-33(24,25)28-5-8-11(21)12(22)13(30-8)18-3-2-9(19)17-15(18)23/h2-3,6-8,10-14,20-22H,4-5,16H2,1H3,(H,24,25)(H,26,27)(H,17,19,23)/p-1/t6?,7-,8+,10?,11-,12?,13+,14-/m0/s1. The first kappa shape index (κ1) is 27.3. The number of rotatable bonds is 8. The number of aromatic nitrogens is 2. The van der Waals surface area contributed by atoms with E-state index in [0.29, 0.717) is 0 Å². The zero-order valence-electron chi connectivity index (χ0n) is 17.5. The lowest BCUT2D eigenvalue weighted by Crippen LogP contribution is -2.52. The van der Waals surface area contributed by atoms with Crippen LogP contribution in [0.15, 0.2) is 21.9 Å². The number of ether oxygens (including phenoxy) is 2. The molecule has 3 heterocycles. The summed E-state index contributed by atoms with van der Waals surface area (Å²) in [4.78, 5) is 46.8. The summed E-state index contributed by atoms with van der Waals surface area (Å²) in [6.45, 7) is 0.569. The highest BCUT2D eigenvalue weighted by atomic mass is 31.3. The van der Waals surface area contributed by atoms with Crippen molar-refractivity contribution in [3.8, 4) is 0 Å². The molecule has 0 saturated carbocycles. The number of nitrogens with two attached hydrogens (primary N) is 1. The van der Waals surface area contributed by atoms with E-state index in [1.54, 1.807) is 0 Å². The van der Waals surface area contributed by atoms with Crippen molar-refractivity contribution in [2.75, 3.05) is 6.61 Å². The molecule has 0 radical (unpaired) electrons. The van der Waals surface area contributed by atoms with Crippen LogP contribution in [-0.2, 0) is 32.0 Å². The first-order valence-corrected chi connectivity index (χ1v) is 12.7. The van der Waals surface area contributed by atoms with E-state index in [2.05, 4.69) is 13.4 Å². The van der Waals surface area contributed by atoms with Crippen LogP contribution in [0.4, 0.5) is 0 Å². The van der Waals surface area contributed by atoms with E-state index in [9.17, 15) is 43.8 Å². The maximum Gasteiger partial charge on any atom is 0.478 e.